The molecule has 0 N–H and O–H groups in total. The molecule has 2 aromatic heterocycles. The molecule has 0 spiro atoms. The van der Waals surface area contributed by atoms with Crippen molar-refractivity contribution in [1.82, 2.24) is 9.97 Å². The molecular formula is C10H10N2O2. The molecule has 0 bridgehead atoms. The third kappa shape index (κ3) is 1.51. The summed E-state index contributed by atoms with van der Waals surface area (Å²) >= 11 is 0. The molecule has 4 nitrogen and oxygen atoms in total. The van der Waals surface area contributed by atoms with Crippen LogP contribution in [0.2, 0.25) is 0 Å². The first-order valence-corrected chi connectivity index (χ1v) is 4.55. The van der Waals surface area contributed by atoms with Crippen molar-refractivity contribution >= 4 is 10.9 Å². The monoisotopic (exact) mass is 190 g/mol. The van der Waals surface area contributed by atoms with Crippen LogP contribution in [-0.2, 0) is 6.42 Å². The third-order valence-corrected chi connectivity index (χ3v) is 1.94. The Kier molecular flexibility index (Phi) is 2.26. The maximum absolute atomic E-state index is 11.4. The highest BCUT2D eigenvalue weighted by atomic mass is 16.4. The van der Waals surface area contributed by atoms with Gasteiger partial charge in [0, 0.05) is 12.6 Å². The van der Waals surface area contributed by atoms with Gasteiger partial charge in [-0.3, -0.25) is 4.98 Å². The molecule has 0 aliphatic carbocycles. The Morgan fingerprint density at radius 3 is 3.14 bits per heavy atom. The summed E-state index contributed by atoms with van der Waals surface area (Å²) in [6.07, 6.45) is 4.72. The molecule has 0 amide bonds. The number of nitrogens with zero attached hydrogens (tertiary/aromatic N) is 2. The van der Waals surface area contributed by atoms with E-state index in [0.717, 1.165) is 6.42 Å². The molecule has 0 fully saturated rings. The molecule has 0 atom stereocenters. The second kappa shape index (κ2) is 3.57. The number of pyridine rings is 1. The smallest absolute Gasteiger partial charge is 0.346 e. The van der Waals surface area contributed by atoms with Gasteiger partial charge in [0.25, 0.3) is 0 Å². The van der Waals surface area contributed by atoms with Crippen molar-refractivity contribution in [3.8, 4) is 0 Å². The van der Waals surface area contributed by atoms with Gasteiger partial charge in [-0.1, -0.05) is 6.92 Å². The molecule has 0 unspecified atom stereocenters. The standard InChI is InChI=1S/C10H10N2O2/c1-2-3-9-12-8-6-11-5-4-7(8)10(13)14-9/h4-6H,2-3H2,1H3. The van der Waals surface area contributed by atoms with Crippen LogP contribution in [0.4, 0.5) is 0 Å². The highest BCUT2D eigenvalue weighted by Gasteiger charge is 2.04. The van der Waals surface area contributed by atoms with E-state index in [1.165, 1.54) is 0 Å². The van der Waals surface area contributed by atoms with E-state index in [-0.39, 0.29) is 5.63 Å². The minimum absolute atomic E-state index is 0.333. The fourth-order valence-electron chi connectivity index (χ4n) is 1.29. The summed E-state index contributed by atoms with van der Waals surface area (Å²) in [7, 11) is 0. The van der Waals surface area contributed by atoms with E-state index in [4.69, 9.17) is 4.42 Å². The summed E-state index contributed by atoms with van der Waals surface area (Å²) in [5.74, 6) is 0.484. The zero-order valence-electron chi connectivity index (χ0n) is 7.86. The molecule has 0 aliphatic rings. The van der Waals surface area contributed by atoms with Gasteiger partial charge in [-0.05, 0) is 12.5 Å². The number of aryl methyl sites for hydroxylation is 1. The Hall–Kier alpha value is -1.71. The number of hydrogen-bond acceptors (Lipinski definition) is 4. The number of hydrogen-bond donors (Lipinski definition) is 0. The first-order chi connectivity index (χ1) is 6.81. The van der Waals surface area contributed by atoms with E-state index in [1.54, 1.807) is 18.5 Å². The van der Waals surface area contributed by atoms with Gasteiger partial charge in [-0.25, -0.2) is 9.78 Å². The molecule has 0 radical (unpaired) electrons. The second-order valence-electron chi connectivity index (χ2n) is 3.04. The maximum atomic E-state index is 11.4. The van der Waals surface area contributed by atoms with Crippen molar-refractivity contribution in [3.05, 3.63) is 34.8 Å². The molecule has 14 heavy (non-hydrogen) atoms. The van der Waals surface area contributed by atoms with Gasteiger partial charge in [0.1, 0.15) is 0 Å². The first-order valence-electron chi connectivity index (χ1n) is 4.55. The van der Waals surface area contributed by atoms with Crippen molar-refractivity contribution in [3.63, 3.8) is 0 Å². The van der Waals surface area contributed by atoms with Crippen LogP contribution in [0, 0.1) is 0 Å². The summed E-state index contributed by atoms with van der Waals surface area (Å²) < 4.78 is 5.04. The van der Waals surface area contributed by atoms with Gasteiger partial charge >= 0.3 is 5.63 Å². The molecule has 0 saturated heterocycles. The fourth-order valence-corrected chi connectivity index (χ4v) is 1.29. The van der Waals surface area contributed by atoms with Crippen LogP contribution in [0.25, 0.3) is 10.9 Å². The zero-order valence-corrected chi connectivity index (χ0v) is 7.86. The third-order valence-electron chi connectivity index (χ3n) is 1.94. The average molecular weight is 190 g/mol. The number of aromatic nitrogens is 2. The molecule has 0 aliphatic heterocycles. The van der Waals surface area contributed by atoms with Gasteiger partial charge in [0.15, 0.2) is 5.89 Å². The van der Waals surface area contributed by atoms with Gasteiger partial charge in [0.2, 0.25) is 0 Å². The van der Waals surface area contributed by atoms with Gasteiger partial charge < -0.3 is 4.42 Å². The van der Waals surface area contributed by atoms with E-state index in [2.05, 4.69) is 9.97 Å². The van der Waals surface area contributed by atoms with Crippen molar-refractivity contribution in [1.29, 1.82) is 0 Å². The van der Waals surface area contributed by atoms with Gasteiger partial charge in [-0.2, -0.15) is 0 Å². The van der Waals surface area contributed by atoms with Crippen LogP contribution >= 0.6 is 0 Å². The quantitative estimate of drug-likeness (QED) is 0.720. The topological polar surface area (TPSA) is 56.0 Å². The van der Waals surface area contributed by atoms with Gasteiger partial charge in [-0.15, -0.1) is 0 Å². The van der Waals surface area contributed by atoms with Crippen LogP contribution in [0.3, 0.4) is 0 Å². The van der Waals surface area contributed by atoms with Gasteiger partial charge in [0.05, 0.1) is 17.1 Å². The molecule has 2 aromatic rings. The fraction of sp³-hybridized carbons (Fsp3) is 0.300. The normalized spacial score (nSPS) is 10.6. The molecule has 2 rings (SSSR count). The lowest BCUT2D eigenvalue weighted by Gasteiger charge is -1.98. The highest BCUT2D eigenvalue weighted by molar-refractivity contribution is 5.75. The lowest BCUT2D eigenvalue weighted by molar-refractivity contribution is 0.442. The van der Waals surface area contributed by atoms with E-state index in [0.29, 0.717) is 23.2 Å². The summed E-state index contributed by atoms with van der Waals surface area (Å²) in [5, 5.41) is 0.486. The van der Waals surface area contributed by atoms with E-state index >= 15 is 0 Å². The average Bonchev–Trinajstić information content (AvgIpc) is 2.18. The van der Waals surface area contributed by atoms with E-state index in [1.807, 2.05) is 6.92 Å². The maximum Gasteiger partial charge on any atom is 0.346 e. The minimum atomic E-state index is -0.333. The van der Waals surface area contributed by atoms with Crippen molar-refractivity contribution in [2.24, 2.45) is 0 Å². The summed E-state index contributed by atoms with van der Waals surface area (Å²) in [6, 6.07) is 1.61. The molecule has 72 valence electrons. The lowest BCUT2D eigenvalue weighted by Crippen LogP contribution is -2.05. The van der Waals surface area contributed by atoms with Crippen molar-refractivity contribution in [2.45, 2.75) is 19.8 Å². The zero-order chi connectivity index (χ0) is 9.97. The van der Waals surface area contributed by atoms with E-state index < -0.39 is 0 Å². The molecule has 2 heterocycles. The Morgan fingerprint density at radius 1 is 1.50 bits per heavy atom. The molecule has 0 aromatic carbocycles. The summed E-state index contributed by atoms with van der Waals surface area (Å²) in [6.45, 7) is 2.01. The van der Waals surface area contributed by atoms with Crippen LogP contribution in [0.5, 0.6) is 0 Å². The number of rotatable bonds is 2. The largest absolute Gasteiger partial charge is 0.408 e. The first kappa shape index (κ1) is 8.87. The van der Waals surface area contributed by atoms with Crippen LogP contribution in [0.15, 0.2) is 27.7 Å². The molecule has 0 saturated carbocycles. The second-order valence-corrected chi connectivity index (χ2v) is 3.04. The highest BCUT2D eigenvalue weighted by Crippen LogP contribution is 2.06. The predicted molar refractivity (Wildman–Crippen MR) is 52.1 cm³/mol. The van der Waals surface area contributed by atoms with E-state index in [9.17, 15) is 4.79 Å². The molecule has 4 heteroatoms. The molecular weight excluding hydrogens is 180 g/mol. The Labute approximate surface area is 80.6 Å². The van der Waals surface area contributed by atoms with Crippen LogP contribution in [-0.4, -0.2) is 9.97 Å². The van der Waals surface area contributed by atoms with Crippen molar-refractivity contribution < 1.29 is 4.42 Å². The number of fused-ring (bicyclic) bond motifs is 1. The van der Waals surface area contributed by atoms with Crippen LogP contribution < -0.4 is 5.63 Å². The Balaban J connectivity index is 2.66. The Bertz CT molecular complexity index is 505. The predicted octanol–water partition coefficient (Wildman–Crippen LogP) is 1.54. The van der Waals surface area contributed by atoms with Crippen LogP contribution in [0.1, 0.15) is 19.2 Å². The Morgan fingerprint density at radius 2 is 2.36 bits per heavy atom. The summed E-state index contributed by atoms with van der Waals surface area (Å²) in [4.78, 5) is 19.5. The summed E-state index contributed by atoms with van der Waals surface area (Å²) in [5.41, 5.74) is 0.271. The minimum Gasteiger partial charge on any atom is -0.408 e. The van der Waals surface area contributed by atoms with Crippen molar-refractivity contribution in [2.75, 3.05) is 0 Å². The SMILES string of the molecule is CCCc1nc2cnccc2c(=O)o1. The lowest BCUT2D eigenvalue weighted by atomic mass is 10.3.